The van der Waals surface area contributed by atoms with Gasteiger partial charge in [-0.2, -0.15) is 0 Å². The highest BCUT2D eigenvalue weighted by Crippen LogP contribution is 2.36. The lowest BCUT2D eigenvalue weighted by Crippen LogP contribution is -2.02. The molecule has 0 bridgehead atoms. The zero-order chi connectivity index (χ0) is 21.6. The van der Waals surface area contributed by atoms with Gasteiger partial charge in [-0.15, -0.1) is 0 Å². The summed E-state index contributed by atoms with van der Waals surface area (Å²) in [6.45, 7) is 0. The summed E-state index contributed by atoms with van der Waals surface area (Å²) in [5, 5.41) is 2.28. The molecular weight excluding hydrogens is 409 g/mol. The van der Waals surface area contributed by atoms with Crippen molar-refractivity contribution in [2.75, 3.05) is 7.11 Å². The third-order valence-corrected chi connectivity index (χ3v) is 6.49. The maximum Gasteiger partial charge on any atom is 0.356 e. The van der Waals surface area contributed by atoms with E-state index in [1.165, 1.54) is 12.1 Å². The summed E-state index contributed by atoms with van der Waals surface area (Å²) >= 11 is 0. The van der Waals surface area contributed by atoms with Crippen LogP contribution < -0.4 is 10.0 Å². The highest BCUT2D eigenvalue weighted by molar-refractivity contribution is 7.60. The number of nitrogens with zero attached hydrogens (tertiary/aromatic N) is 1. The first kappa shape index (κ1) is 19.6. The molecule has 5 aromatic rings. The summed E-state index contributed by atoms with van der Waals surface area (Å²) in [4.78, 5) is 18.7. The lowest BCUT2D eigenvalue weighted by molar-refractivity contribution is 0.387. The summed E-state index contributed by atoms with van der Waals surface area (Å²) < 4.78 is 19.1. The molecule has 1 aromatic heterocycles. The molecule has 0 radical (unpaired) electrons. The summed E-state index contributed by atoms with van der Waals surface area (Å²) in [6.07, 6.45) is 0. The average molecular weight is 429 g/mol. The second-order valence-electron chi connectivity index (χ2n) is 7.38. The minimum atomic E-state index is -4.25. The van der Waals surface area contributed by atoms with E-state index in [1.807, 2.05) is 30.3 Å². The zero-order valence-electron chi connectivity index (χ0n) is 16.8. The number of hydrogen-bond donors (Lipinski definition) is 2. The highest BCUT2D eigenvalue weighted by atomic mass is 31.2. The molecule has 0 amide bonds. The fraction of sp³-hybridized carbons (Fsp3) is 0.0400. The molecule has 0 unspecified atom stereocenters. The largest absolute Gasteiger partial charge is 0.497 e. The Balaban J connectivity index is 1.69. The van der Waals surface area contributed by atoms with E-state index in [1.54, 1.807) is 19.2 Å². The quantitative estimate of drug-likeness (QED) is 0.382. The van der Waals surface area contributed by atoms with Crippen LogP contribution in [0.15, 0.2) is 91.0 Å². The van der Waals surface area contributed by atoms with Crippen molar-refractivity contribution in [1.82, 2.24) is 4.57 Å². The molecule has 4 aromatic carbocycles. The van der Waals surface area contributed by atoms with E-state index >= 15 is 0 Å². The summed E-state index contributed by atoms with van der Waals surface area (Å²) in [6, 6.07) is 28.9. The minimum absolute atomic E-state index is 0.0174. The summed E-state index contributed by atoms with van der Waals surface area (Å²) in [5.41, 5.74) is 5.04. The number of methoxy groups -OCH3 is 1. The van der Waals surface area contributed by atoms with Crippen molar-refractivity contribution in [3.05, 3.63) is 91.0 Å². The van der Waals surface area contributed by atoms with Gasteiger partial charge in [-0.05, 0) is 59.7 Å². The van der Waals surface area contributed by atoms with Gasteiger partial charge in [0.2, 0.25) is 0 Å². The summed E-state index contributed by atoms with van der Waals surface area (Å²) in [5.74, 6) is 0.814. The second kappa shape index (κ2) is 7.40. The van der Waals surface area contributed by atoms with Crippen molar-refractivity contribution in [2.24, 2.45) is 0 Å². The van der Waals surface area contributed by atoms with Crippen molar-refractivity contribution in [1.29, 1.82) is 0 Å². The van der Waals surface area contributed by atoms with Crippen LogP contribution in [0.1, 0.15) is 0 Å². The Bertz CT molecular complexity index is 1460. The van der Waals surface area contributed by atoms with Gasteiger partial charge in [-0.25, -0.2) is 0 Å². The molecule has 1 heterocycles. The Morgan fingerprint density at radius 1 is 0.742 bits per heavy atom. The second-order valence-corrected chi connectivity index (χ2v) is 8.98. The molecule has 6 heteroatoms. The maximum absolute atomic E-state index is 11.5. The highest BCUT2D eigenvalue weighted by Gasteiger charge is 2.17. The molecule has 0 atom stereocenters. The van der Waals surface area contributed by atoms with Crippen LogP contribution in [0.3, 0.4) is 0 Å². The Labute approximate surface area is 179 Å². The molecule has 0 spiro atoms. The molecule has 0 saturated heterocycles. The van der Waals surface area contributed by atoms with Gasteiger partial charge < -0.3 is 19.1 Å². The Hall–Kier alpha value is -3.37. The monoisotopic (exact) mass is 429 g/mol. The Morgan fingerprint density at radius 3 is 2.23 bits per heavy atom. The third kappa shape index (κ3) is 3.43. The fourth-order valence-corrected chi connectivity index (χ4v) is 4.57. The normalized spacial score (nSPS) is 11.8. The SMILES string of the molecule is COc1ccc2c(c1)c1ccccc1n2-c1cccc(-c2ccc(P(=O)(O)O)cc2)c1. The number of aromatic nitrogens is 1. The van der Waals surface area contributed by atoms with Crippen LogP contribution in [-0.2, 0) is 4.57 Å². The molecule has 0 aliphatic carbocycles. The van der Waals surface area contributed by atoms with Crippen molar-refractivity contribution in [3.63, 3.8) is 0 Å². The third-order valence-electron chi connectivity index (χ3n) is 5.52. The first-order valence-corrected chi connectivity index (χ1v) is 11.4. The maximum atomic E-state index is 11.5. The standard InChI is InChI=1S/C25H20NO4P/c1-30-20-11-14-25-23(16-20)22-7-2-3-8-24(22)26(25)19-6-4-5-18(15-19)17-9-12-21(13-10-17)31(27,28)29/h2-16H,1H3,(H2,27,28,29). The van der Waals surface area contributed by atoms with Crippen LogP contribution >= 0.6 is 7.60 Å². The molecule has 5 rings (SSSR count). The fourth-order valence-electron chi connectivity index (χ4n) is 4.03. The van der Waals surface area contributed by atoms with Gasteiger partial charge in [0.05, 0.1) is 23.4 Å². The number of para-hydroxylation sites is 1. The van der Waals surface area contributed by atoms with Crippen molar-refractivity contribution in [2.45, 2.75) is 0 Å². The molecule has 0 fully saturated rings. The zero-order valence-corrected chi connectivity index (χ0v) is 17.7. The first-order chi connectivity index (χ1) is 15.0. The predicted octanol–water partition coefficient (Wildman–Crippen LogP) is 5.26. The molecule has 154 valence electrons. The molecular formula is C25H20NO4P. The van der Waals surface area contributed by atoms with Gasteiger partial charge in [0.1, 0.15) is 5.75 Å². The lowest BCUT2D eigenvalue weighted by Gasteiger charge is -2.11. The van der Waals surface area contributed by atoms with Crippen molar-refractivity contribution >= 4 is 34.7 Å². The van der Waals surface area contributed by atoms with Gasteiger partial charge in [-0.1, -0.05) is 42.5 Å². The molecule has 0 aliphatic rings. The van der Waals surface area contributed by atoms with Crippen LogP contribution in [0.2, 0.25) is 0 Å². The molecule has 0 saturated carbocycles. The Morgan fingerprint density at radius 2 is 1.48 bits per heavy atom. The van der Waals surface area contributed by atoms with E-state index < -0.39 is 7.60 Å². The minimum Gasteiger partial charge on any atom is -0.497 e. The van der Waals surface area contributed by atoms with Crippen LogP contribution in [-0.4, -0.2) is 21.5 Å². The number of benzene rings is 4. The molecule has 2 N–H and O–H groups in total. The van der Waals surface area contributed by atoms with E-state index in [9.17, 15) is 14.4 Å². The van der Waals surface area contributed by atoms with Crippen LogP contribution in [0.5, 0.6) is 5.75 Å². The average Bonchev–Trinajstić information content (AvgIpc) is 3.12. The van der Waals surface area contributed by atoms with Crippen LogP contribution in [0.4, 0.5) is 0 Å². The lowest BCUT2D eigenvalue weighted by atomic mass is 10.1. The van der Waals surface area contributed by atoms with E-state index in [2.05, 4.69) is 41.0 Å². The van der Waals surface area contributed by atoms with E-state index in [-0.39, 0.29) is 5.30 Å². The van der Waals surface area contributed by atoms with Gasteiger partial charge in [0.15, 0.2) is 0 Å². The smallest absolute Gasteiger partial charge is 0.356 e. The van der Waals surface area contributed by atoms with Crippen LogP contribution in [0, 0.1) is 0 Å². The molecule has 0 aliphatic heterocycles. The van der Waals surface area contributed by atoms with E-state index in [4.69, 9.17) is 4.74 Å². The first-order valence-electron chi connectivity index (χ1n) is 9.80. The van der Waals surface area contributed by atoms with Crippen molar-refractivity contribution < 1.29 is 19.1 Å². The Kier molecular flexibility index (Phi) is 4.67. The molecule has 31 heavy (non-hydrogen) atoms. The van der Waals surface area contributed by atoms with E-state index in [0.717, 1.165) is 44.4 Å². The summed E-state index contributed by atoms with van der Waals surface area (Å²) in [7, 11) is -2.59. The number of fused-ring (bicyclic) bond motifs is 3. The van der Waals surface area contributed by atoms with E-state index in [0.29, 0.717) is 0 Å². The van der Waals surface area contributed by atoms with Crippen molar-refractivity contribution in [3.8, 4) is 22.6 Å². The topological polar surface area (TPSA) is 71.7 Å². The van der Waals surface area contributed by atoms with Gasteiger partial charge in [0.25, 0.3) is 0 Å². The number of ether oxygens (including phenoxy) is 1. The molecule has 5 nitrogen and oxygen atoms in total. The number of rotatable bonds is 4. The van der Waals surface area contributed by atoms with Gasteiger partial charge >= 0.3 is 7.60 Å². The van der Waals surface area contributed by atoms with Gasteiger partial charge in [-0.3, -0.25) is 4.57 Å². The number of hydrogen-bond acceptors (Lipinski definition) is 2. The van der Waals surface area contributed by atoms with Gasteiger partial charge in [0, 0.05) is 16.5 Å². The predicted molar refractivity (Wildman–Crippen MR) is 124 cm³/mol. The van der Waals surface area contributed by atoms with Crippen LogP contribution in [0.25, 0.3) is 38.6 Å².